The van der Waals surface area contributed by atoms with E-state index in [1.165, 1.54) is 12.8 Å². The van der Waals surface area contributed by atoms with E-state index in [1.54, 1.807) is 0 Å². The summed E-state index contributed by atoms with van der Waals surface area (Å²) in [6, 6.07) is 0. The van der Waals surface area contributed by atoms with Crippen LogP contribution in [-0.2, 0) is 9.53 Å². The predicted molar refractivity (Wildman–Crippen MR) is 80.0 cm³/mol. The molecule has 0 aliphatic carbocycles. The molecule has 0 aromatic carbocycles. The molecule has 1 amide bonds. The Hall–Kier alpha value is -0.610. The molecule has 4 nitrogen and oxygen atoms in total. The average molecular weight is 272 g/mol. The number of unbranched alkanes of at least 4 members (excludes halogenated alkanes) is 1. The van der Waals surface area contributed by atoms with E-state index in [1.807, 2.05) is 13.8 Å². The van der Waals surface area contributed by atoms with Crippen molar-refractivity contribution in [2.75, 3.05) is 19.8 Å². The molecular weight excluding hydrogens is 240 g/mol. The molecule has 0 fully saturated rings. The molecule has 0 aliphatic rings. The zero-order chi connectivity index (χ0) is 14.7. The molecule has 0 bridgehead atoms. The molecule has 0 aromatic heterocycles. The molecule has 2 atom stereocenters. The second kappa shape index (κ2) is 10.2. The molecule has 114 valence electrons. The van der Waals surface area contributed by atoms with E-state index in [9.17, 15) is 4.79 Å². The normalized spacial score (nSPS) is 16.0. The van der Waals surface area contributed by atoms with Crippen LogP contribution in [0.3, 0.4) is 0 Å². The largest absolute Gasteiger partial charge is 0.381 e. The van der Waals surface area contributed by atoms with Gasteiger partial charge in [-0.15, -0.1) is 0 Å². The fourth-order valence-corrected chi connectivity index (χ4v) is 2.23. The molecule has 19 heavy (non-hydrogen) atoms. The zero-order valence-electron chi connectivity index (χ0n) is 13.1. The first-order valence-electron chi connectivity index (χ1n) is 7.59. The maximum Gasteiger partial charge on any atom is 0.237 e. The summed E-state index contributed by atoms with van der Waals surface area (Å²) in [6.07, 6.45) is 5.14. The summed E-state index contributed by atoms with van der Waals surface area (Å²) >= 11 is 0. The molecule has 0 heterocycles. The molecule has 3 N–H and O–H groups in total. The van der Waals surface area contributed by atoms with E-state index in [4.69, 9.17) is 10.5 Å². The van der Waals surface area contributed by atoms with Gasteiger partial charge in [0.05, 0.1) is 5.54 Å². The summed E-state index contributed by atoms with van der Waals surface area (Å²) in [5, 5.41) is 3.17. The standard InChI is InChI=1S/C15H32N2O2/c1-5-9-13(3)12-19-11-8-7-10-15(4,14(16)18)17-6-2/h13,17H,5-12H2,1-4H3,(H2,16,18). The number of hydrogen-bond donors (Lipinski definition) is 2. The number of carbonyl (C=O) groups excluding carboxylic acids is 1. The van der Waals surface area contributed by atoms with Crippen LogP contribution in [0.1, 0.15) is 59.8 Å². The van der Waals surface area contributed by atoms with Crippen molar-refractivity contribution in [3.8, 4) is 0 Å². The number of carbonyl (C=O) groups is 1. The van der Waals surface area contributed by atoms with Gasteiger partial charge in [0.2, 0.25) is 5.91 Å². The topological polar surface area (TPSA) is 64.3 Å². The number of nitrogens with two attached hydrogens (primary N) is 1. The Bertz CT molecular complexity index is 246. The molecule has 0 saturated carbocycles. The molecule has 0 rings (SSSR count). The van der Waals surface area contributed by atoms with Crippen LogP contribution >= 0.6 is 0 Å². The van der Waals surface area contributed by atoms with Crippen LogP contribution in [0.25, 0.3) is 0 Å². The van der Waals surface area contributed by atoms with Gasteiger partial charge in [-0.25, -0.2) is 0 Å². The molecular formula is C15H32N2O2. The van der Waals surface area contributed by atoms with E-state index in [0.29, 0.717) is 5.92 Å². The third kappa shape index (κ3) is 8.22. The van der Waals surface area contributed by atoms with Crippen molar-refractivity contribution in [1.82, 2.24) is 5.32 Å². The van der Waals surface area contributed by atoms with E-state index in [-0.39, 0.29) is 5.91 Å². The van der Waals surface area contributed by atoms with Crippen LogP contribution < -0.4 is 11.1 Å². The molecule has 2 unspecified atom stereocenters. The lowest BCUT2D eigenvalue weighted by molar-refractivity contribution is -0.124. The number of rotatable bonds is 12. The minimum Gasteiger partial charge on any atom is -0.381 e. The number of likely N-dealkylation sites (N-methyl/N-ethyl adjacent to an activating group) is 1. The van der Waals surface area contributed by atoms with Gasteiger partial charge in [-0.3, -0.25) is 4.79 Å². The average Bonchev–Trinajstić information content (AvgIpc) is 2.34. The SMILES string of the molecule is CCCC(C)COCCCCC(C)(NCC)C(N)=O. The van der Waals surface area contributed by atoms with Crippen LogP contribution in [0.5, 0.6) is 0 Å². The van der Waals surface area contributed by atoms with Crippen molar-refractivity contribution in [2.45, 2.75) is 65.3 Å². The van der Waals surface area contributed by atoms with E-state index < -0.39 is 5.54 Å². The van der Waals surface area contributed by atoms with E-state index in [0.717, 1.165) is 39.0 Å². The third-order valence-electron chi connectivity index (χ3n) is 3.51. The van der Waals surface area contributed by atoms with Crippen LogP contribution in [0, 0.1) is 5.92 Å². The highest BCUT2D eigenvalue weighted by atomic mass is 16.5. The Balaban J connectivity index is 3.69. The van der Waals surface area contributed by atoms with Crippen molar-refractivity contribution in [2.24, 2.45) is 11.7 Å². The van der Waals surface area contributed by atoms with Gasteiger partial charge < -0.3 is 15.8 Å². The van der Waals surface area contributed by atoms with Crippen molar-refractivity contribution in [3.05, 3.63) is 0 Å². The van der Waals surface area contributed by atoms with Gasteiger partial charge in [0.1, 0.15) is 0 Å². The predicted octanol–water partition coefficient (Wildman–Crippen LogP) is 2.46. The summed E-state index contributed by atoms with van der Waals surface area (Å²) in [5.41, 5.74) is 4.86. The van der Waals surface area contributed by atoms with Crippen molar-refractivity contribution >= 4 is 5.91 Å². The maximum atomic E-state index is 11.4. The van der Waals surface area contributed by atoms with Crippen LogP contribution in [0.2, 0.25) is 0 Å². The minimum absolute atomic E-state index is 0.271. The highest BCUT2D eigenvalue weighted by Gasteiger charge is 2.28. The number of amides is 1. The highest BCUT2D eigenvalue weighted by Crippen LogP contribution is 2.13. The Morgan fingerprint density at radius 2 is 2.05 bits per heavy atom. The smallest absolute Gasteiger partial charge is 0.237 e. The van der Waals surface area contributed by atoms with Crippen LogP contribution in [0.4, 0.5) is 0 Å². The number of nitrogens with one attached hydrogen (secondary N) is 1. The number of hydrogen-bond acceptors (Lipinski definition) is 3. The van der Waals surface area contributed by atoms with Gasteiger partial charge in [-0.1, -0.05) is 27.2 Å². The molecule has 0 saturated heterocycles. The Kier molecular flexibility index (Phi) is 9.88. The second-order valence-electron chi connectivity index (χ2n) is 5.65. The first-order valence-corrected chi connectivity index (χ1v) is 7.59. The van der Waals surface area contributed by atoms with E-state index >= 15 is 0 Å². The second-order valence-corrected chi connectivity index (χ2v) is 5.65. The molecule has 0 aliphatic heterocycles. The lowest BCUT2D eigenvalue weighted by Gasteiger charge is -2.26. The Morgan fingerprint density at radius 3 is 2.58 bits per heavy atom. The van der Waals surface area contributed by atoms with Crippen molar-refractivity contribution in [3.63, 3.8) is 0 Å². The van der Waals surface area contributed by atoms with Crippen molar-refractivity contribution in [1.29, 1.82) is 0 Å². The Morgan fingerprint density at radius 1 is 1.37 bits per heavy atom. The van der Waals surface area contributed by atoms with E-state index in [2.05, 4.69) is 19.2 Å². The van der Waals surface area contributed by atoms with Crippen LogP contribution in [-0.4, -0.2) is 31.2 Å². The lowest BCUT2D eigenvalue weighted by Crippen LogP contribution is -2.52. The summed E-state index contributed by atoms with van der Waals surface area (Å²) in [4.78, 5) is 11.4. The van der Waals surface area contributed by atoms with Gasteiger partial charge in [0.15, 0.2) is 0 Å². The first-order chi connectivity index (χ1) is 8.96. The summed E-state index contributed by atoms with van der Waals surface area (Å²) < 4.78 is 5.65. The van der Waals surface area contributed by atoms with Gasteiger partial charge in [0, 0.05) is 13.2 Å². The van der Waals surface area contributed by atoms with Gasteiger partial charge in [-0.05, 0) is 45.1 Å². The zero-order valence-corrected chi connectivity index (χ0v) is 13.1. The summed E-state index contributed by atoms with van der Waals surface area (Å²) in [7, 11) is 0. The monoisotopic (exact) mass is 272 g/mol. The molecule has 0 radical (unpaired) electrons. The fourth-order valence-electron chi connectivity index (χ4n) is 2.23. The van der Waals surface area contributed by atoms with Gasteiger partial charge >= 0.3 is 0 Å². The maximum absolute atomic E-state index is 11.4. The molecule has 0 aromatic rings. The fraction of sp³-hybridized carbons (Fsp3) is 0.933. The Labute approximate surface area is 118 Å². The summed E-state index contributed by atoms with van der Waals surface area (Å²) in [5.74, 6) is 0.370. The van der Waals surface area contributed by atoms with Gasteiger partial charge in [-0.2, -0.15) is 0 Å². The third-order valence-corrected chi connectivity index (χ3v) is 3.51. The van der Waals surface area contributed by atoms with Gasteiger partial charge in [0.25, 0.3) is 0 Å². The molecule has 0 spiro atoms. The van der Waals surface area contributed by atoms with Crippen molar-refractivity contribution < 1.29 is 9.53 Å². The minimum atomic E-state index is -0.579. The highest BCUT2D eigenvalue weighted by molar-refractivity contribution is 5.84. The number of ether oxygens (including phenoxy) is 1. The molecule has 4 heteroatoms. The van der Waals surface area contributed by atoms with Crippen LogP contribution in [0.15, 0.2) is 0 Å². The summed E-state index contributed by atoms with van der Waals surface area (Å²) in [6.45, 7) is 10.6. The quantitative estimate of drug-likeness (QED) is 0.536. The lowest BCUT2D eigenvalue weighted by atomic mass is 9.94. The number of primary amides is 1. The first kappa shape index (κ1) is 18.4.